The Labute approximate surface area is 134 Å². The van der Waals surface area contributed by atoms with Gasteiger partial charge in [0.05, 0.1) is 29.8 Å². The molecule has 2 aromatic heterocycles. The zero-order valence-electron chi connectivity index (χ0n) is 12.4. The van der Waals surface area contributed by atoms with Crippen molar-refractivity contribution in [2.24, 2.45) is 0 Å². The average molecular weight is 332 g/mol. The van der Waals surface area contributed by atoms with Gasteiger partial charge in [-0.2, -0.15) is 19.0 Å². The van der Waals surface area contributed by atoms with Crippen LogP contribution in [0.2, 0.25) is 0 Å². The lowest BCUT2D eigenvalue weighted by Crippen LogP contribution is -2.04. The van der Waals surface area contributed by atoms with E-state index in [-0.39, 0.29) is 12.4 Å². The first-order valence-electron chi connectivity index (χ1n) is 7.24. The van der Waals surface area contributed by atoms with Crippen LogP contribution >= 0.6 is 12.4 Å². The Bertz CT molecular complexity index is 604. The van der Waals surface area contributed by atoms with Gasteiger partial charge >= 0.3 is 6.55 Å². The highest BCUT2D eigenvalue weighted by Crippen LogP contribution is 2.29. The van der Waals surface area contributed by atoms with Crippen LogP contribution in [0.25, 0.3) is 0 Å². The summed E-state index contributed by atoms with van der Waals surface area (Å²) in [5, 5.41) is 11.3. The van der Waals surface area contributed by atoms with Crippen LogP contribution in [0.5, 0.6) is 0 Å². The number of hydrogen-bond donors (Lipinski definition) is 1. The molecule has 122 valence electrons. The van der Waals surface area contributed by atoms with Gasteiger partial charge in [-0.15, -0.1) is 12.4 Å². The highest BCUT2D eigenvalue weighted by molar-refractivity contribution is 5.85. The molecular weight excluding hydrogens is 312 g/mol. The molecule has 0 amide bonds. The minimum absolute atomic E-state index is 0. The maximum Gasteiger partial charge on any atom is 0.333 e. The summed E-state index contributed by atoms with van der Waals surface area (Å²) < 4.78 is 27.8. The van der Waals surface area contributed by atoms with Crippen molar-refractivity contribution in [1.29, 1.82) is 0 Å². The molecule has 1 aliphatic rings. The van der Waals surface area contributed by atoms with Gasteiger partial charge in [0, 0.05) is 18.3 Å². The molecule has 0 aliphatic heterocycles. The van der Waals surface area contributed by atoms with E-state index in [1.54, 1.807) is 6.92 Å². The van der Waals surface area contributed by atoms with E-state index >= 15 is 0 Å². The Hall–Kier alpha value is -1.63. The van der Waals surface area contributed by atoms with Gasteiger partial charge in [-0.1, -0.05) is 12.8 Å². The molecule has 22 heavy (non-hydrogen) atoms. The van der Waals surface area contributed by atoms with Crippen molar-refractivity contribution in [3.05, 3.63) is 29.8 Å². The van der Waals surface area contributed by atoms with Crippen molar-refractivity contribution in [1.82, 2.24) is 19.6 Å². The fourth-order valence-corrected chi connectivity index (χ4v) is 2.79. The number of nitrogens with zero attached hydrogens (tertiary/aromatic N) is 4. The standard InChI is InChI=1S/C14H19F2N5.ClH/c1-10-13(9-21(19-10)14(15)16)17-6-11-7-18-20(8-11)12-4-2-3-5-12;/h7-9,12,14,17H,2-6H2,1H3;1H. The van der Waals surface area contributed by atoms with Gasteiger partial charge in [0.1, 0.15) is 0 Å². The van der Waals surface area contributed by atoms with Gasteiger partial charge in [-0.05, 0) is 19.8 Å². The summed E-state index contributed by atoms with van der Waals surface area (Å²) in [7, 11) is 0. The number of halogens is 3. The molecule has 2 heterocycles. The fraction of sp³-hybridized carbons (Fsp3) is 0.571. The lowest BCUT2D eigenvalue weighted by Gasteiger charge is -2.08. The van der Waals surface area contributed by atoms with Crippen LogP contribution < -0.4 is 5.32 Å². The monoisotopic (exact) mass is 331 g/mol. The lowest BCUT2D eigenvalue weighted by atomic mass is 10.2. The summed E-state index contributed by atoms with van der Waals surface area (Å²) in [6.07, 6.45) is 10.1. The normalized spacial score (nSPS) is 15.3. The Balaban J connectivity index is 0.00000176. The third kappa shape index (κ3) is 3.58. The molecule has 8 heteroatoms. The topological polar surface area (TPSA) is 47.7 Å². The minimum atomic E-state index is -2.61. The third-order valence-corrected chi connectivity index (χ3v) is 3.95. The van der Waals surface area contributed by atoms with Crippen molar-refractivity contribution < 1.29 is 8.78 Å². The van der Waals surface area contributed by atoms with Crippen molar-refractivity contribution in [3.8, 4) is 0 Å². The molecule has 3 rings (SSSR count). The molecule has 0 bridgehead atoms. The Morgan fingerprint density at radius 3 is 2.68 bits per heavy atom. The van der Waals surface area contributed by atoms with E-state index in [0.717, 1.165) is 5.56 Å². The molecule has 1 saturated carbocycles. The predicted octanol–water partition coefficient (Wildman–Crippen LogP) is 3.93. The van der Waals surface area contributed by atoms with Crippen LogP contribution in [0.3, 0.4) is 0 Å². The summed E-state index contributed by atoms with van der Waals surface area (Å²) >= 11 is 0. The van der Waals surface area contributed by atoms with Crippen LogP contribution in [-0.2, 0) is 6.54 Å². The van der Waals surface area contributed by atoms with Crippen molar-refractivity contribution in [2.75, 3.05) is 5.32 Å². The van der Waals surface area contributed by atoms with E-state index in [1.165, 1.54) is 31.9 Å². The van der Waals surface area contributed by atoms with Crippen LogP contribution in [0, 0.1) is 6.92 Å². The SMILES string of the molecule is Cc1nn(C(F)F)cc1NCc1cnn(C2CCCC2)c1.Cl. The maximum atomic E-state index is 12.6. The highest BCUT2D eigenvalue weighted by Gasteiger charge is 2.17. The van der Waals surface area contributed by atoms with Crippen LogP contribution in [0.15, 0.2) is 18.6 Å². The fourth-order valence-electron chi connectivity index (χ4n) is 2.79. The van der Waals surface area contributed by atoms with E-state index in [4.69, 9.17) is 0 Å². The van der Waals surface area contributed by atoms with E-state index in [2.05, 4.69) is 15.5 Å². The van der Waals surface area contributed by atoms with Gasteiger partial charge in [0.2, 0.25) is 0 Å². The first kappa shape index (κ1) is 16.7. The number of aryl methyl sites for hydroxylation is 1. The first-order valence-corrected chi connectivity index (χ1v) is 7.24. The number of rotatable bonds is 5. The Morgan fingerprint density at radius 1 is 1.32 bits per heavy atom. The maximum absolute atomic E-state index is 12.6. The summed E-state index contributed by atoms with van der Waals surface area (Å²) in [5.41, 5.74) is 2.24. The molecule has 0 aromatic carbocycles. The second-order valence-corrected chi connectivity index (χ2v) is 5.51. The quantitative estimate of drug-likeness (QED) is 0.903. The summed E-state index contributed by atoms with van der Waals surface area (Å²) in [5.74, 6) is 0. The zero-order chi connectivity index (χ0) is 14.8. The third-order valence-electron chi connectivity index (χ3n) is 3.95. The molecular formula is C14H20ClF2N5. The average Bonchev–Trinajstić information content (AvgIpc) is 3.17. The van der Waals surface area contributed by atoms with Crippen molar-refractivity contribution >= 4 is 18.1 Å². The van der Waals surface area contributed by atoms with Gasteiger partial charge in [-0.3, -0.25) is 4.68 Å². The molecule has 1 fully saturated rings. The molecule has 0 saturated heterocycles. The van der Waals surface area contributed by atoms with E-state index in [1.807, 2.05) is 17.1 Å². The van der Waals surface area contributed by atoms with Gasteiger partial charge in [-0.25, -0.2) is 4.68 Å². The second-order valence-electron chi connectivity index (χ2n) is 5.51. The molecule has 5 nitrogen and oxygen atoms in total. The van der Waals surface area contributed by atoms with Crippen LogP contribution in [0.1, 0.15) is 49.5 Å². The minimum Gasteiger partial charge on any atom is -0.378 e. The molecule has 0 radical (unpaired) electrons. The number of hydrogen-bond acceptors (Lipinski definition) is 3. The molecule has 0 atom stereocenters. The Kier molecular flexibility index (Phi) is 5.39. The number of aromatic nitrogens is 4. The Morgan fingerprint density at radius 2 is 2.05 bits per heavy atom. The molecule has 1 N–H and O–H groups in total. The number of nitrogens with one attached hydrogen (secondary N) is 1. The van der Waals surface area contributed by atoms with Gasteiger partial charge in [0.25, 0.3) is 0 Å². The van der Waals surface area contributed by atoms with E-state index < -0.39 is 6.55 Å². The van der Waals surface area contributed by atoms with E-state index in [0.29, 0.717) is 28.6 Å². The van der Waals surface area contributed by atoms with Gasteiger partial charge in [0.15, 0.2) is 0 Å². The molecule has 1 aliphatic carbocycles. The van der Waals surface area contributed by atoms with Crippen LogP contribution in [0.4, 0.5) is 14.5 Å². The lowest BCUT2D eigenvalue weighted by molar-refractivity contribution is 0.0563. The van der Waals surface area contributed by atoms with E-state index in [9.17, 15) is 8.78 Å². The largest absolute Gasteiger partial charge is 0.378 e. The predicted molar refractivity (Wildman–Crippen MR) is 82.5 cm³/mol. The van der Waals surface area contributed by atoms with Gasteiger partial charge < -0.3 is 5.32 Å². The summed E-state index contributed by atoms with van der Waals surface area (Å²) in [6, 6.07) is 0.516. The summed E-state index contributed by atoms with van der Waals surface area (Å²) in [4.78, 5) is 0. The smallest absolute Gasteiger partial charge is 0.333 e. The van der Waals surface area contributed by atoms with Crippen molar-refractivity contribution in [3.63, 3.8) is 0 Å². The zero-order valence-corrected chi connectivity index (χ0v) is 13.2. The molecule has 2 aromatic rings. The second kappa shape index (κ2) is 7.09. The van der Waals surface area contributed by atoms with Crippen molar-refractivity contribution in [2.45, 2.75) is 51.7 Å². The van der Waals surface area contributed by atoms with Crippen LogP contribution in [-0.4, -0.2) is 19.6 Å². The molecule has 0 unspecified atom stereocenters. The first-order chi connectivity index (χ1) is 10.1. The summed E-state index contributed by atoms with van der Waals surface area (Å²) in [6.45, 7) is -0.338. The number of alkyl halides is 2. The highest BCUT2D eigenvalue weighted by atomic mass is 35.5. The molecule has 0 spiro atoms. The number of anilines is 1.